The summed E-state index contributed by atoms with van der Waals surface area (Å²) in [6.45, 7) is 0.474. The van der Waals surface area contributed by atoms with Gasteiger partial charge in [-0.3, -0.25) is 0 Å². The molecule has 0 aliphatic heterocycles. The van der Waals surface area contributed by atoms with Gasteiger partial charge in [-0.2, -0.15) is 0 Å². The molecule has 1 atom stereocenters. The molecule has 1 aromatic carbocycles. The second kappa shape index (κ2) is 6.27. The zero-order valence-electron chi connectivity index (χ0n) is 12.0. The van der Waals surface area contributed by atoms with Crippen LogP contribution in [0.4, 0.5) is 5.82 Å². The van der Waals surface area contributed by atoms with Gasteiger partial charge in [0, 0.05) is 13.0 Å². The van der Waals surface area contributed by atoms with Crippen molar-refractivity contribution in [3.63, 3.8) is 0 Å². The molecule has 1 heterocycles. The van der Waals surface area contributed by atoms with Gasteiger partial charge >= 0.3 is 0 Å². The number of methoxy groups -OCH3 is 1. The Balaban J connectivity index is 1.91. The highest BCUT2D eigenvalue weighted by Crippen LogP contribution is 2.32. The lowest BCUT2D eigenvalue weighted by Crippen LogP contribution is -2.17. The van der Waals surface area contributed by atoms with Crippen molar-refractivity contribution in [2.45, 2.75) is 31.8 Å². The molecule has 1 aliphatic rings. The molecule has 0 bridgehead atoms. The van der Waals surface area contributed by atoms with Crippen LogP contribution in [-0.2, 0) is 24.2 Å². The summed E-state index contributed by atoms with van der Waals surface area (Å²) in [5, 5.41) is 0. The summed E-state index contributed by atoms with van der Waals surface area (Å²) in [6.07, 6.45) is 3.14. The molecular weight excluding hydrogens is 377 g/mol. The molecule has 2 aromatic rings. The molecule has 1 aliphatic carbocycles. The van der Waals surface area contributed by atoms with Crippen molar-refractivity contribution in [2.75, 3.05) is 12.8 Å². The second-order valence-electron chi connectivity index (χ2n) is 5.37. The van der Waals surface area contributed by atoms with Gasteiger partial charge in [0.05, 0.1) is 15.9 Å². The fourth-order valence-corrected chi connectivity index (χ4v) is 3.26. The van der Waals surface area contributed by atoms with Gasteiger partial charge in [0.15, 0.2) is 0 Å². The number of aryl methyl sites for hydroxylation is 1. The van der Waals surface area contributed by atoms with Crippen LogP contribution in [-0.4, -0.2) is 17.1 Å². The Bertz CT molecular complexity index is 660. The van der Waals surface area contributed by atoms with Crippen LogP contribution < -0.4 is 5.73 Å². The molecule has 2 N–H and O–H groups in total. The number of anilines is 1. The van der Waals surface area contributed by atoms with E-state index in [4.69, 9.17) is 15.5 Å². The van der Waals surface area contributed by atoms with Crippen LogP contribution in [0, 0.1) is 3.57 Å². The number of hydrogen-bond donors (Lipinski definition) is 1. The molecule has 0 saturated heterocycles. The Labute approximate surface area is 138 Å². The first-order valence-corrected chi connectivity index (χ1v) is 8.14. The van der Waals surface area contributed by atoms with Crippen molar-refractivity contribution in [1.29, 1.82) is 0 Å². The van der Waals surface area contributed by atoms with Gasteiger partial charge in [-0.1, -0.05) is 24.3 Å². The number of halogens is 1. The van der Waals surface area contributed by atoms with E-state index in [0.717, 1.165) is 34.4 Å². The molecule has 21 heavy (non-hydrogen) atoms. The van der Waals surface area contributed by atoms with E-state index in [2.05, 4.69) is 51.8 Å². The number of aromatic nitrogens is 2. The summed E-state index contributed by atoms with van der Waals surface area (Å²) < 4.78 is 6.11. The van der Waals surface area contributed by atoms with Crippen molar-refractivity contribution in [3.05, 3.63) is 50.5 Å². The topological polar surface area (TPSA) is 61.0 Å². The third-order valence-corrected chi connectivity index (χ3v) is 5.13. The fraction of sp³-hybridized carbons (Fsp3) is 0.375. The minimum Gasteiger partial charge on any atom is -0.383 e. The number of fused-ring (bicyclic) bond motifs is 1. The van der Waals surface area contributed by atoms with E-state index in [9.17, 15) is 0 Å². The molecule has 1 unspecified atom stereocenters. The van der Waals surface area contributed by atoms with Gasteiger partial charge in [-0.05, 0) is 53.0 Å². The predicted molar refractivity (Wildman–Crippen MR) is 91.1 cm³/mol. The zero-order valence-corrected chi connectivity index (χ0v) is 14.1. The average molecular weight is 395 g/mol. The van der Waals surface area contributed by atoms with Crippen LogP contribution >= 0.6 is 22.6 Å². The van der Waals surface area contributed by atoms with Gasteiger partial charge in [-0.25, -0.2) is 9.97 Å². The summed E-state index contributed by atoms with van der Waals surface area (Å²) in [6, 6.07) is 8.62. The quantitative estimate of drug-likeness (QED) is 0.812. The molecule has 110 valence electrons. The first-order chi connectivity index (χ1) is 10.2. The minimum atomic E-state index is 0.342. The molecule has 3 rings (SSSR count). The summed E-state index contributed by atoms with van der Waals surface area (Å²) in [5.41, 5.74) is 9.78. The number of ether oxygens (including phenoxy) is 1. The molecule has 1 aromatic heterocycles. The number of nitrogens with two attached hydrogens (primary N) is 1. The largest absolute Gasteiger partial charge is 0.383 e. The van der Waals surface area contributed by atoms with E-state index in [1.54, 1.807) is 7.11 Å². The van der Waals surface area contributed by atoms with E-state index in [1.807, 2.05) is 0 Å². The highest BCUT2D eigenvalue weighted by molar-refractivity contribution is 14.1. The summed E-state index contributed by atoms with van der Waals surface area (Å²) in [5.74, 6) is 1.76. The molecule has 5 heteroatoms. The number of rotatable bonds is 3. The van der Waals surface area contributed by atoms with E-state index < -0.39 is 0 Å². The smallest absolute Gasteiger partial charge is 0.141 e. The lowest BCUT2D eigenvalue weighted by atomic mass is 9.83. The average Bonchev–Trinajstić information content (AvgIpc) is 2.51. The lowest BCUT2D eigenvalue weighted by Gasteiger charge is -2.24. The summed E-state index contributed by atoms with van der Waals surface area (Å²) in [7, 11) is 1.67. The van der Waals surface area contributed by atoms with Crippen molar-refractivity contribution < 1.29 is 4.74 Å². The maximum Gasteiger partial charge on any atom is 0.141 e. The van der Waals surface area contributed by atoms with Crippen LogP contribution in [0.5, 0.6) is 0 Å². The van der Waals surface area contributed by atoms with Crippen molar-refractivity contribution in [2.24, 2.45) is 0 Å². The maximum atomic E-state index is 6.04. The SMILES string of the molecule is COCc1nc(C2CCc3ccccc3C2)nc(N)c1I. The van der Waals surface area contributed by atoms with Crippen LogP contribution in [0.1, 0.15) is 35.0 Å². The highest BCUT2D eigenvalue weighted by atomic mass is 127. The van der Waals surface area contributed by atoms with Crippen molar-refractivity contribution in [3.8, 4) is 0 Å². The van der Waals surface area contributed by atoms with Crippen LogP contribution in [0.2, 0.25) is 0 Å². The number of benzene rings is 1. The van der Waals surface area contributed by atoms with E-state index in [0.29, 0.717) is 18.3 Å². The van der Waals surface area contributed by atoms with Gasteiger partial charge in [0.25, 0.3) is 0 Å². The van der Waals surface area contributed by atoms with Crippen LogP contribution in [0.15, 0.2) is 24.3 Å². The highest BCUT2D eigenvalue weighted by Gasteiger charge is 2.23. The van der Waals surface area contributed by atoms with Gasteiger partial charge in [-0.15, -0.1) is 0 Å². The van der Waals surface area contributed by atoms with Crippen molar-refractivity contribution >= 4 is 28.4 Å². The lowest BCUT2D eigenvalue weighted by molar-refractivity contribution is 0.180. The number of nitrogens with zero attached hydrogens (tertiary/aromatic N) is 2. The standard InChI is InChI=1S/C16H18IN3O/c1-21-9-13-14(17)15(18)20-16(19-13)12-7-6-10-4-2-3-5-11(10)8-12/h2-5,12H,6-9H2,1H3,(H2,18,19,20). The third kappa shape index (κ3) is 3.03. The van der Waals surface area contributed by atoms with Gasteiger partial charge in [0.2, 0.25) is 0 Å². The molecule has 4 nitrogen and oxygen atoms in total. The first-order valence-electron chi connectivity index (χ1n) is 7.06. The minimum absolute atomic E-state index is 0.342. The molecule has 0 radical (unpaired) electrons. The summed E-state index contributed by atoms with van der Waals surface area (Å²) in [4.78, 5) is 9.21. The van der Waals surface area contributed by atoms with Gasteiger partial charge in [0.1, 0.15) is 11.6 Å². The Morgan fingerprint density at radius 2 is 2.05 bits per heavy atom. The van der Waals surface area contributed by atoms with E-state index in [1.165, 1.54) is 11.1 Å². The zero-order chi connectivity index (χ0) is 14.8. The predicted octanol–water partition coefficient (Wildman–Crippen LogP) is 3.08. The van der Waals surface area contributed by atoms with Crippen molar-refractivity contribution in [1.82, 2.24) is 9.97 Å². The first kappa shape index (κ1) is 14.7. The monoisotopic (exact) mass is 395 g/mol. The molecule has 0 fully saturated rings. The Kier molecular flexibility index (Phi) is 4.40. The fourth-order valence-electron chi connectivity index (χ4n) is 2.87. The Hall–Kier alpha value is -1.21. The third-order valence-electron chi connectivity index (χ3n) is 3.96. The molecule has 0 saturated carbocycles. The molecule has 0 spiro atoms. The Morgan fingerprint density at radius 3 is 2.81 bits per heavy atom. The van der Waals surface area contributed by atoms with E-state index in [-0.39, 0.29) is 0 Å². The summed E-state index contributed by atoms with van der Waals surface area (Å²) >= 11 is 2.19. The van der Waals surface area contributed by atoms with E-state index >= 15 is 0 Å². The van der Waals surface area contributed by atoms with Crippen LogP contribution in [0.25, 0.3) is 0 Å². The normalized spacial score (nSPS) is 17.5. The van der Waals surface area contributed by atoms with Crippen LogP contribution in [0.3, 0.4) is 0 Å². The molecular formula is C16H18IN3O. The molecule has 0 amide bonds. The second-order valence-corrected chi connectivity index (χ2v) is 6.45. The number of hydrogen-bond acceptors (Lipinski definition) is 4. The number of nitrogen functional groups attached to an aromatic ring is 1. The van der Waals surface area contributed by atoms with Gasteiger partial charge < -0.3 is 10.5 Å². The maximum absolute atomic E-state index is 6.04. The Morgan fingerprint density at radius 1 is 1.29 bits per heavy atom.